The number of hydrogen-bond donors (Lipinski definition) is 2. The van der Waals surface area contributed by atoms with Gasteiger partial charge in [-0.3, -0.25) is 19.9 Å². The summed E-state index contributed by atoms with van der Waals surface area (Å²) in [7, 11) is 0. The van der Waals surface area contributed by atoms with Crippen LogP contribution in [0.4, 0.5) is 17.1 Å². The van der Waals surface area contributed by atoms with E-state index in [0.717, 1.165) is 5.56 Å². The molecule has 2 heterocycles. The van der Waals surface area contributed by atoms with Gasteiger partial charge in [-0.05, 0) is 23.3 Å². The molecule has 7 heteroatoms. The van der Waals surface area contributed by atoms with Crippen LogP contribution in [0.3, 0.4) is 0 Å². The number of carbonyl (C=O) groups is 1. The lowest BCUT2D eigenvalue weighted by Crippen LogP contribution is -2.04. The highest BCUT2D eigenvalue weighted by molar-refractivity contribution is 6.00. The number of benzene rings is 1. The maximum atomic E-state index is 11.4. The number of fused-ring (bicyclic) bond motifs is 1. The van der Waals surface area contributed by atoms with Gasteiger partial charge in [-0.25, -0.2) is 0 Å². The van der Waals surface area contributed by atoms with E-state index in [4.69, 9.17) is 0 Å². The summed E-state index contributed by atoms with van der Waals surface area (Å²) in [6.07, 6.45) is 3.53. The molecule has 0 saturated heterocycles. The van der Waals surface area contributed by atoms with Crippen LogP contribution in [0.1, 0.15) is 11.1 Å². The Hall–Kier alpha value is -2.96. The van der Waals surface area contributed by atoms with Crippen molar-refractivity contribution in [1.82, 2.24) is 4.98 Å². The van der Waals surface area contributed by atoms with E-state index >= 15 is 0 Å². The molecule has 2 N–H and O–H groups in total. The van der Waals surface area contributed by atoms with Gasteiger partial charge in [0, 0.05) is 30.7 Å². The molecule has 1 aliphatic heterocycles. The Morgan fingerprint density at radius 1 is 1.43 bits per heavy atom. The second-order valence-corrected chi connectivity index (χ2v) is 4.72. The molecule has 0 fully saturated rings. The maximum Gasteiger partial charge on any atom is 0.292 e. The molecule has 0 aliphatic carbocycles. The summed E-state index contributed by atoms with van der Waals surface area (Å²) in [6, 6.07) is 6.73. The summed E-state index contributed by atoms with van der Waals surface area (Å²) >= 11 is 0. The molecule has 1 amide bonds. The standard InChI is InChI=1S/C14H12N4O3/c19-14-5-10-4-13(18(20)21)12(6-11(10)17-14)16-8-9-2-1-3-15-7-9/h1-4,6-7,16H,5,8H2,(H,17,19). The maximum absolute atomic E-state index is 11.4. The highest BCUT2D eigenvalue weighted by Gasteiger charge is 2.24. The van der Waals surface area contributed by atoms with Crippen molar-refractivity contribution in [1.29, 1.82) is 0 Å². The quantitative estimate of drug-likeness (QED) is 0.662. The van der Waals surface area contributed by atoms with Gasteiger partial charge in [-0.15, -0.1) is 0 Å². The second kappa shape index (κ2) is 5.20. The fraction of sp³-hybridized carbons (Fsp3) is 0.143. The third-order valence-electron chi connectivity index (χ3n) is 3.25. The zero-order chi connectivity index (χ0) is 14.8. The van der Waals surface area contributed by atoms with Crippen LogP contribution in [0.25, 0.3) is 0 Å². The van der Waals surface area contributed by atoms with Crippen LogP contribution in [0.2, 0.25) is 0 Å². The van der Waals surface area contributed by atoms with Crippen molar-refractivity contribution in [2.75, 3.05) is 10.6 Å². The summed E-state index contributed by atoms with van der Waals surface area (Å²) in [5.74, 6) is -0.149. The third kappa shape index (κ3) is 2.66. The predicted molar refractivity (Wildman–Crippen MR) is 77.0 cm³/mol. The smallest absolute Gasteiger partial charge is 0.292 e. The normalized spacial score (nSPS) is 12.7. The molecule has 0 radical (unpaired) electrons. The van der Waals surface area contributed by atoms with Gasteiger partial charge in [0.2, 0.25) is 5.91 Å². The molecule has 3 rings (SSSR count). The van der Waals surface area contributed by atoms with Crippen molar-refractivity contribution in [3.63, 3.8) is 0 Å². The number of amides is 1. The highest BCUT2D eigenvalue weighted by atomic mass is 16.6. The summed E-state index contributed by atoms with van der Waals surface area (Å²) in [5.41, 5.74) is 2.54. The molecular weight excluding hydrogens is 272 g/mol. The fourth-order valence-corrected chi connectivity index (χ4v) is 2.25. The molecular formula is C14H12N4O3. The molecule has 0 spiro atoms. The van der Waals surface area contributed by atoms with E-state index in [1.165, 1.54) is 6.07 Å². The summed E-state index contributed by atoms with van der Waals surface area (Å²) in [4.78, 5) is 26.1. The van der Waals surface area contributed by atoms with Gasteiger partial charge in [0.25, 0.3) is 5.69 Å². The monoisotopic (exact) mass is 284 g/mol. The Morgan fingerprint density at radius 2 is 2.29 bits per heavy atom. The minimum Gasteiger partial charge on any atom is -0.375 e. The average Bonchev–Trinajstić information content (AvgIpc) is 2.84. The van der Waals surface area contributed by atoms with Crippen molar-refractivity contribution in [2.24, 2.45) is 0 Å². The number of nitro benzene ring substituents is 1. The number of rotatable bonds is 4. The minimum atomic E-state index is -0.450. The zero-order valence-corrected chi connectivity index (χ0v) is 11.0. The number of nitro groups is 1. The van der Waals surface area contributed by atoms with Gasteiger partial charge in [-0.2, -0.15) is 0 Å². The summed E-state index contributed by atoms with van der Waals surface area (Å²) in [5, 5.41) is 16.9. The van der Waals surface area contributed by atoms with E-state index in [2.05, 4.69) is 15.6 Å². The van der Waals surface area contributed by atoms with Crippen LogP contribution >= 0.6 is 0 Å². The summed E-state index contributed by atoms with van der Waals surface area (Å²) in [6.45, 7) is 0.418. The third-order valence-corrected chi connectivity index (χ3v) is 3.25. The fourth-order valence-electron chi connectivity index (χ4n) is 2.25. The number of nitrogens with zero attached hydrogens (tertiary/aromatic N) is 2. The van der Waals surface area contributed by atoms with Gasteiger partial charge in [0.15, 0.2) is 0 Å². The molecule has 2 aromatic rings. The lowest BCUT2D eigenvalue weighted by Gasteiger charge is -2.09. The van der Waals surface area contributed by atoms with Crippen molar-refractivity contribution in [2.45, 2.75) is 13.0 Å². The average molecular weight is 284 g/mol. The van der Waals surface area contributed by atoms with Gasteiger partial charge in [-0.1, -0.05) is 6.07 Å². The van der Waals surface area contributed by atoms with Gasteiger partial charge in [0.1, 0.15) is 5.69 Å². The van der Waals surface area contributed by atoms with E-state index < -0.39 is 4.92 Å². The van der Waals surface area contributed by atoms with Gasteiger partial charge in [0.05, 0.1) is 11.3 Å². The van der Waals surface area contributed by atoms with E-state index in [0.29, 0.717) is 23.5 Å². The Kier molecular flexibility index (Phi) is 3.23. The molecule has 1 aliphatic rings. The molecule has 7 nitrogen and oxygen atoms in total. The van der Waals surface area contributed by atoms with Crippen LogP contribution in [-0.2, 0) is 17.8 Å². The van der Waals surface area contributed by atoms with E-state index in [-0.39, 0.29) is 18.0 Å². The van der Waals surface area contributed by atoms with Crippen LogP contribution in [0, 0.1) is 10.1 Å². The lowest BCUT2D eigenvalue weighted by atomic mass is 10.1. The van der Waals surface area contributed by atoms with E-state index in [1.54, 1.807) is 24.5 Å². The SMILES string of the molecule is O=C1Cc2cc([N+](=O)[O-])c(NCc3cccnc3)cc2N1. The van der Waals surface area contributed by atoms with Gasteiger partial charge < -0.3 is 10.6 Å². The largest absolute Gasteiger partial charge is 0.375 e. The van der Waals surface area contributed by atoms with Crippen molar-refractivity contribution >= 4 is 23.0 Å². The van der Waals surface area contributed by atoms with Crippen LogP contribution in [0.15, 0.2) is 36.7 Å². The Bertz CT molecular complexity index is 716. The molecule has 0 bridgehead atoms. The lowest BCUT2D eigenvalue weighted by molar-refractivity contribution is -0.384. The van der Waals surface area contributed by atoms with Crippen molar-refractivity contribution in [3.05, 3.63) is 57.9 Å². The van der Waals surface area contributed by atoms with E-state index in [9.17, 15) is 14.9 Å². The first kappa shape index (κ1) is 13.0. The Morgan fingerprint density at radius 3 is 3.00 bits per heavy atom. The Labute approximate surface area is 120 Å². The van der Waals surface area contributed by atoms with Crippen LogP contribution in [-0.4, -0.2) is 15.8 Å². The number of hydrogen-bond acceptors (Lipinski definition) is 5. The first-order valence-corrected chi connectivity index (χ1v) is 6.37. The molecule has 21 heavy (non-hydrogen) atoms. The van der Waals surface area contributed by atoms with Crippen LogP contribution < -0.4 is 10.6 Å². The molecule has 106 valence electrons. The highest BCUT2D eigenvalue weighted by Crippen LogP contribution is 2.34. The molecule has 1 aromatic carbocycles. The van der Waals surface area contributed by atoms with Crippen molar-refractivity contribution in [3.8, 4) is 0 Å². The number of nitrogens with one attached hydrogen (secondary N) is 2. The molecule has 0 atom stereocenters. The van der Waals surface area contributed by atoms with Crippen molar-refractivity contribution < 1.29 is 9.72 Å². The zero-order valence-electron chi connectivity index (χ0n) is 11.0. The topological polar surface area (TPSA) is 97.2 Å². The first-order valence-electron chi connectivity index (χ1n) is 6.37. The molecule has 1 aromatic heterocycles. The van der Waals surface area contributed by atoms with E-state index in [1.807, 2.05) is 6.07 Å². The predicted octanol–water partition coefficient (Wildman–Crippen LogP) is 2.10. The second-order valence-electron chi connectivity index (χ2n) is 4.72. The summed E-state index contributed by atoms with van der Waals surface area (Å²) < 4.78 is 0. The number of aromatic nitrogens is 1. The first-order chi connectivity index (χ1) is 10.1. The molecule has 0 saturated carbocycles. The van der Waals surface area contributed by atoms with Crippen LogP contribution in [0.5, 0.6) is 0 Å². The number of pyridine rings is 1. The number of anilines is 2. The van der Waals surface area contributed by atoms with Gasteiger partial charge >= 0.3 is 0 Å². The molecule has 0 unspecified atom stereocenters. The Balaban J connectivity index is 1.88. The minimum absolute atomic E-state index is 0.0332. The number of carbonyl (C=O) groups excluding carboxylic acids is 1.